The van der Waals surface area contributed by atoms with Gasteiger partial charge in [0, 0.05) is 13.0 Å². The number of hydrogen-bond acceptors (Lipinski definition) is 8. The van der Waals surface area contributed by atoms with E-state index < -0.39 is 79.1 Å². The zero-order valence-corrected chi connectivity index (χ0v) is 18.5. The molecular weight excluding hydrogens is 458 g/mol. The summed E-state index contributed by atoms with van der Waals surface area (Å²) in [6, 6.07) is -5.56. The smallest absolute Gasteiger partial charge is 0.326 e. The van der Waals surface area contributed by atoms with Crippen molar-refractivity contribution in [2.75, 3.05) is 6.54 Å². The summed E-state index contributed by atoms with van der Waals surface area (Å²) in [4.78, 5) is 74.1. The maximum absolute atomic E-state index is 12.7. The summed E-state index contributed by atoms with van der Waals surface area (Å²) in [6.07, 6.45) is -1.72. The molecule has 16 heteroatoms. The lowest BCUT2D eigenvalue weighted by Crippen LogP contribution is -2.57. The maximum Gasteiger partial charge on any atom is 0.326 e. The third-order valence-corrected chi connectivity index (χ3v) is 4.27. The number of carboxylic acid groups (broad SMARTS) is 3. The van der Waals surface area contributed by atoms with E-state index in [2.05, 4.69) is 20.9 Å². The summed E-state index contributed by atoms with van der Waals surface area (Å²) in [5, 5.41) is 33.6. The van der Waals surface area contributed by atoms with E-state index in [9.17, 15) is 33.9 Å². The van der Waals surface area contributed by atoms with Crippen LogP contribution in [0.3, 0.4) is 0 Å². The Morgan fingerprint density at radius 2 is 1.32 bits per heavy atom. The number of nitrogens with zero attached hydrogens (tertiary/aromatic N) is 1. The van der Waals surface area contributed by atoms with Gasteiger partial charge in [0.1, 0.15) is 18.1 Å². The minimum atomic E-state index is -1.58. The van der Waals surface area contributed by atoms with E-state index in [1.807, 2.05) is 0 Å². The predicted molar refractivity (Wildman–Crippen MR) is 116 cm³/mol. The van der Waals surface area contributed by atoms with Crippen molar-refractivity contribution in [1.82, 2.24) is 16.0 Å². The average molecular weight is 489 g/mol. The summed E-state index contributed by atoms with van der Waals surface area (Å²) in [6.45, 7) is 1.37. The number of carboxylic acids is 3. The lowest BCUT2D eigenvalue weighted by molar-refractivity contribution is -0.144. The van der Waals surface area contributed by atoms with Crippen LogP contribution in [0.25, 0.3) is 0 Å². The molecule has 34 heavy (non-hydrogen) atoms. The number of aliphatic carboxylic acids is 3. The van der Waals surface area contributed by atoms with Gasteiger partial charge in [-0.3, -0.25) is 29.0 Å². The van der Waals surface area contributed by atoms with Crippen molar-refractivity contribution in [3.05, 3.63) is 0 Å². The number of guanidine groups is 1. The number of carbonyl (C=O) groups is 6. The van der Waals surface area contributed by atoms with Crippen molar-refractivity contribution in [3.8, 4) is 0 Å². The third kappa shape index (κ3) is 12.8. The minimum absolute atomic E-state index is 0.0589. The molecule has 0 aromatic carbocycles. The van der Waals surface area contributed by atoms with Gasteiger partial charge in [0.25, 0.3) is 0 Å². The number of nitrogens with one attached hydrogen (secondary N) is 3. The van der Waals surface area contributed by atoms with Gasteiger partial charge in [-0.25, -0.2) is 4.79 Å². The van der Waals surface area contributed by atoms with Crippen molar-refractivity contribution < 1.29 is 44.1 Å². The zero-order valence-electron chi connectivity index (χ0n) is 18.5. The molecule has 0 aliphatic heterocycles. The topological polar surface area (TPSA) is 290 Å². The molecule has 0 spiro atoms. The summed E-state index contributed by atoms with van der Waals surface area (Å²) in [5.74, 6) is -7.21. The fourth-order valence-electron chi connectivity index (χ4n) is 2.53. The number of hydrogen-bond donors (Lipinski definition) is 9. The van der Waals surface area contributed by atoms with Crippen molar-refractivity contribution in [2.24, 2.45) is 22.2 Å². The fraction of sp³-hybridized carbons (Fsp3) is 0.611. The Balaban J connectivity index is 5.58. The second-order valence-electron chi connectivity index (χ2n) is 7.29. The highest BCUT2D eigenvalue weighted by molar-refractivity contribution is 5.95. The Bertz CT molecular complexity index is 797. The molecule has 0 saturated carbocycles. The molecule has 0 aliphatic carbocycles. The molecule has 0 heterocycles. The van der Waals surface area contributed by atoms with Crippen LogP contribution in [0.5, 0.6) is 0 Å². The Morgan fingerprint density at radius 1 is 0.794 bits per heavy atom. The number of nitrogens with two attached hydrogens (primary N) is 3. The number of rotatable bonds is 16. The molecule has 12 N–H and O–H groups in total. The van der Waals surface area contributed by atoms with Gasteiger partial charge in [0.2, 0.25) is 17.7 Å². The van der Waals surface area contributed by atoms with Crippen molar-refractivity contribution in [2.45, 2.75) is 63.2 Å². The Hall–Kier alpha value is -3.95. The van der Waals surface area contributed by atoms with Gasteiger partial charge in [0.15, 0.2) is 5.96 Å². The second-order valence-corrected chi connectivity index (χ2v) is 7.29. The van der Waals surface area contributed by atoms with Gasteiger partial charge < -0.3 is 48.5 Å². The predicted octanol–water partition coefficient (Wildman–Crippen LogP) is -3.73. The highest BCUT2D eigenvalue weighted by Crippen LogP contribution is 2.05. The highest BCUT2D eigenvalue weighted by Gasteiger charge is 2.31. The molecule has 0 rings (SSSR count). The van der Waals surface area contributed by atoms with E-state index in [4.69, 9.17) is 27.4 Å². The summed E-state index contributed by atoms with van der Waals surface area (Å²) in [7, 11) is 0. The fourth-order valence-corrected chi connectivity index (χ4v) is 2.53. The lowest BCUT2D eigenvalue weighted by atomic mass is 10.1. The Labute approximate surface area is 194 Å². The van der Waals surface area contributed by atoms with Gasteiger partial charge in [-0.05, 0) is 26.2 Å². The monoisotopic (exact) mass is 489 g/mol. The quantitative estimate of drug-likeness (QED) is 0.0574. The molecule has 192 valence electrons. The third-order valence-electron chi connectivity index (χ3n) is 4.27. The zero-order chi connectivity index (χ0) is 26.4. The Kier molecular flexibility index (Phi) is 13.2. The average Bonchev–Trinajstić information content (AvgIpc) is 2.71. The maximum atomic E-state index is 12.7. The number of amides is 3. The van der Waals surface area contributed by atoms with Crippen molar-refractivity contribution >= 4 is 41.6 Å². The molecule has 0 aromatic heterocycles. The molecular formula is C18H31N7O9. The van der Waals surface area contributed by atoms with Crippen LogP contribution >= 0.6 is 0 Å². The summed E-state index contributed by atoms with van der Waals surface area (Å²) < 4.78 is 0. The molecule has 0 radical (unpaired) electrons. The molecule has 16 nitrogen and oxygen atoms in total. The molecule has 0 fully saturated rings. The van der Waals surface area contributed by atoms with Crippen LogP contribution in [-0.4, -0.2) is 87.6 Å². The van der Waals surface area contributed by atoms with Crippen LogP contribution in [0.15, 0.2) is 4.99 Å². The van der Waals surface area contributed by atoms with E-state index in [0.717, 1.165) is 0 Å². The summed E-state index contributed by atoms with van der Waals surface area (Å²) in [5.41, 5.74) is 15.9. The molecule has 4 atom stereocenters. The molecule has 0 aliphatic rings. The first-order valence-electron chi connectivity index (χ1n) is 10.1. The van der Waals surface area contributed by atoms with E-state index in [-0.39, 0.29) is 25.3 Å². The van der Waals surface area contributed by atoms with Crippen LogP contribution < -0.4 is 33.2 Å². The molecule has 4 unspecified atom stereocenters. The van der Waals surface area contributed by atoms with Crippen molar-refractivity contribution in [1.29, 1.82) is 0 Å². The van der Waals surface area contributed by atoms with Gasteiger partial charge in [-0.15, -0.1) is 0 Å². The normalized spacial score (nSPS) is 13.9. The summed E-state index contributed by atoms with van der Waals surface area (Å²) >= 11 is 0. The SMILES string of the molecule is CC(N)C(=O)NC(CC(=O)O)C(=O)NC(CCCN=C(N)N)C(=O)NC(CCC(=O)O)C(=O)O. The van der Waals surface area contributed by atoms with E-state index in [0.29, 0.717) is 0 Å². The van der Waals surface area contributed by atoms with E-state index in [1.165, 1.54) is 6.92 Å². The van der Waals surface area contributed by atoms with Crippen LogP contribution in [-0.2, 0) is 28.8 Å². The Morgan fingerprint density at radius 3 is 1.79 bits per heavy atom. The number of carbonyl (C=O) groups excluding carboxylic acids is 3. The lowest BCUT2D eigenvalue weighted by Gasteiger charge is -2.24. The first-order valence-corrected chi connectivity index (χ1v) is 10.1. The van der Waals surface area contributed by atoms with Gasteiger partial charge in [-0.2, -0.15) is 0 Å². The van der Waals surface area contributed by atoms with Crippen LogP contribution in [0.2, 0.25) is 0 Å². The van der Waals surface area contributed by atoms with Crippen LogP contribution in [0.1, 0.15) is 39.0 Å². The van der Waals surface area contributed by atoms with Crippen molar-refractivity contribution in [3.63, 3.8) is 0 Å². The first-order chi connectivity index (χ1) is 15.7. The molecule has 0 saturated heterocycles. The molecule has 0 bridgehead atoms. The van der Waals surface area contributed by atoms with E-state index >= 15 is 0 Å². The highest BCUT2D eigenvalue weighted by atomic mass is 16.4. The van der Waals surface area contributed by atoms with Gasteiger partial charge in [0.05, 0.1) is 12.5 Å². The number of aliphatic imine (C=N–C) groups is 1. The first kappa shape index (κ1) is 30.1. The second kappa shape index (κ2) is 15.0. The molecule has 3 amide bonds. The van der Waals surface area contributed by atoms with Gasteiger partial charge >= 0.3 is 17.9 Å². The molecule has 0 aromatic rings. The van der Waals surface area contributed by atoms with Crippen LogP contribution in [0.4, 0.5) is 0 Å². The minimum Gasteiger partial charge on any atom is -0.481 e. The van der Waals surface area contributed by atoms with Crippen LogP contribution in [0, 0.1) is 0 Å². The standard InChI is InChI=1S/C18H31N7O9/c1-8(19)14(30)25-11(7-13(28)29)16(32)23-9(3-2-6-22-18(20)21)15(31)24-10(17(33)34)4-5-12(26)27/h8-11H,2-7,19H2,1H3,(H,23,32)(H,24,31)(H,25,30)(H,26,27)(H,28,29)(H,33,34)(H4,20,21,22). The van der Waals surface area contributed by atoms with E-state index in [1.54, 1.807) is 0 Å². The van der Waals surface area contributed by atoms with Gasteiger partial charge in [-0.1, -0.05) is 0 Å². The largest absolute Gasteiger partial charge is 0.481 e.